The van der Waals surface area contributed by atoms with Gasteiger partial charge in [0.25, 0.3) is 0 Å². The summed E-state index contributed by atoms with van der Waals surface area (Å²) in [6.07, 6.45) is 0. The second-order valence-electron chi connectivity index (χ2n) is 14.1. The summed E-state index contributed by atoms with van der Waals surface area (Å²) >= 11 is 3.75. The first-order valence-corrected chi connectivity index (χ1v) is 20.3. The average Bonchev–Trinajstić information content (AvgIpc) is 3.83. The molecule has 0 atom stereocenters. The van der Waals surface area contributed by atoms with E-state index in [0.717, 1.165) is 17.1 Å². The lowest BCUT2D eigenvalue weighted by Crippen LogP contribution is -2.11. The topological polar surface area (TPSA) is 3.24 Å². The fourth-order valence-electron chi connectivity index (χ4n) is 8.30. The van der Waals surface area contributed by atoms with Crippen molar-refractivity contribution in [3.8, 4) is 33.4 Å². The molecule has 0 saturated heterocycles. The van der Waals surface area contributed by atoms with E-state index in [9.17, 15) is 0 Å². The molecule has 3 heteroatoms. The van der Waals surface area contributed by atoms with Gasteiger partial charge in [-0.1, -0.05) is 146 Å². The quantitative estimate of drug-likeness (QED) is 0.164. The van der Waals surface area contributed by atoms with E-state index in [2.05, 4.69) is 205 Å². The highest BCUT2D eigenvalue weighted by molar-refractivity contribution is 7.26. The highest BCUT2D eigenvalue weighted by Gasteiger charge is 2.21. The van der Waals surface area contributed by atoms with Crippen molar-refractivity contribution in [2.75, 3.05) is 4.90 Å². The molecular weight excluding hydrogens is 703 g/mol. The van der Waals surface area contributed by atoms with Crippen molar-refractivity contribution >= 4 is 90.9 Å². The van der Waals surface area contributed by atoms with Crippen LogP contribution in [0.2, 0.25) is 0 Å². The maximum Gasteiger partial charge on any atom is 0.0540 e. The lowest BCUT2D eigenvalue weighted by Gasteiger charge is -2.29. The predicted molar refractivity (Wildman–Crippen MR) is 241 cm³/mol. The molecule has 0 radical (unpaired) electrons. The zero-order chi connectivity index (χ0) is 36.3. The first-order valence-electron chi connectivity index (χ1n) is 18.7. The van der Waals surface area contributed by atoms with Gasteiger partial charge in [0.2, 0.25) is 0 Å². The van der Waals surface area contributed by atoms with E-state index in [0.29, 0.717) is 0 Å². The number of fused-ring (bicyclic) bond motifs is 7. The zero-order valence-corrected chi connectivity index (χ0v) is 31.4. The Hall–Kier alpha value is -6.52. The van der Waals surface area contributed by atoms with Gasteiger partial charge in [-0.15, -0.1) is 22.7 Å². The van der Waals surface area contributed by atoms with E-state index in [1.807, 2.05) is 22.7 Å². The minimum Gasteiger partial charge on any atom is -0.310 e. The van der Waals surface area contributed by atoms with Gasteiger partial charge in [0.05, 0.1) is 5.69 Å². The fraction of sp³-hybridized carbons (Fsp3) is 0. The Labute approximate surface area is 327 Å². The van der Waals surface area contributed by atoms with E-state index in [4.69, 9.17) is 0 Å². The molecule has 0 aliphatic carbocycles. The van der Waals surface area contributed by atoms with Crippen molar-refractivity contribution in [3.63, 3.8) is 0 Å². The van der Waals surface area contributed by atoms with Gasteiger partial charge in [-0.05, 0) is 93.2 Å². The minimum atomic E-state index is 1.11. The normalized spacial score (nSPS) is 11.6. The van der Waals surface area contributed by atoms with E-state index in [-0.39, 0.29) is 0 Å². The van der Waals surface area contributed by atoms with Crippen LogP contribution in [0.4, 0.5) is 17.1 Å². The monoisotopic (exact) mass is 735 g/mol. The first-order chi connectivity index (χ1) is 27.3. The van der Waals surface area contributed by atoms with Gasteiger partial charge < -0.3 is 4.90 Å². The molecule has 2 aromatic heterocycles. The van der Waals surface area contributed by atoms with Gasteiger partial charge in [0.15, 0.2) is 0 Å². The van der Waals surface area contributed by atoms with Crippen LogP contribution in [-0.4, -0.2) is 0 Å². The van der Waals surface area contributed by atoms with E-state index < -0.39 is 0 Å². The van der Waals surface area contributed by atoms with Crippen LogP contribution in [-0.2, 0) is 0 Å². The number of hydrogen-bond acceptors (Lipinski definition) is 3. The molecule has 11 rings (SSSR count). The first kappa shape index (κ1) is 32.0. The molecule has 258 valence electrons. The molecule has 0 spiro atoms. The number of thiophene rings is 2. The molecule has 9 aromatic carbocycles. The molecule has 0 saturated carbocycles. The largest absolute Gasteiger partial charge is 0.310 e. The molecule has 0 aliphatic heterocycles. The minimum absolute atomic E-state index is 1.11. The van der Waals surface area contributed by atoms with Crippen molar-refractivity contribution < 1.29 is 0 Å². The van der Waals surface area contributed by atoms with Gasteiger partial charge in [-0.25, -0.2) is 0 Å². The summed E-state index contributed by atoms with van der Waals surface area (Å²) in [6, 6.07) is 73.5. The van der Waals surface area contributed by atoms with Crippen LogP contribution in [0, 0.1) is 0 Å². The molecule has 0 aliphatic rings. The predicted octanol–water partition coefficient (Wildman–Crippen LogP) is 16.0. The standard InChI is InChI=1S/C52H33NS2/c1-2-14-35-31-37(30-29-34(35)13-1)36-15-9-17-39(32-36)53(40-18-10-16-38(33-40)41-22-11-24-45-43-20-4-7-26-48(43)55-52(41)45)47-25-6-3-19-42(47)44-23-12-28-50-51(44)46-21-5-8-27-49(46)54-50/h1-33H. The smallest absolute Gasteiger partial charge is 0.0540 e. The van der Waals surface area contributed by atoms with Crippen LogP contribution < -0.4 is 4.90 Å². The Balaban J connectivity index is 1.14. The van der Waals surface area contributed by atoms with E-state index >= 15 is 0 Å². The third kappa shape index (κ3) is 5.43. The number of para-hydroxylation sites is 1. The number of anilines is 3. The Morgan fingerprint density at radius 2 is 0.909 bits per heavy atom. The molecule has 0 unspecified atom stereocenters. The fourth-order valence-corrected chi connectivity index (χ4v) is 10.7. The summed E-state index contributed by atoms with van der Waals surface area (Å²) in [5, 5.41) is 7.73. The summed E-state index contributed by atoms with van der Waals surface area (Å²) < 4.78 is 5.25. The maximum atomic E-state index is 2.46. The molecule has 0 bridgehead atoms. The third-order valence-corrected chi connectivity index (χ3v) is 13.2. The van der Waals surface area contributed by atoms with Gasteiger partial charge >= 0.3 is 0 Å². The number of benzene rings is 9. The van der Waals surface area contributed by atoms with Crippen molar-refractivity contribution in [3.05, 3.63) is 200 Å². The van der Waals surface area contributed by atoms with Gasteiger partial charge in [0, 0.05) is 57.3 Å². The molecule has 0 fully saturated rings. The Kier molecular flexibility index (Phi) is 7.61. The van der Waals surface area contributed by atoms with Crippen LogP contribution in [0.25, 0.3) is 84.5 Å². The Bertz CT molecular complexity index is 3240. The number of nitrogens with zero attached hydrogens (tertiary/aromatic N) is 1. The summed E-state index contributed by atoms with van der Waals surface area (Å²) in [5.74, 6) is 0. The molecule has 1 nitrogen and oxygen atoms in total. The maximum absolute atomic E-state index is 2.46. The molecule has 0 amide bonds. The molecular formula is C52H33NS2. The molecule has 55 heavy (non-hydrogen) atoms. The Morgan fingerprint density at radius 1 is 0.327 bits per heavy atom. The number of hydrogen-bond donors (Lipinski definition) is 0. The van der Waals surface area contributed by atoms with E-state index in [1.165, 1.54) is 84.5 Å². The van der Waals surface area contributed by atoms with Crippen LogP contribution in [0.1, 0.15) is 0 Å². The second-order valence-corrected chi connectivity index (χ2v) is 16.2. The third-order valence-electron chi connectivity index (χ3n) is 10.8. The van der Waals surface area contributed by atoms with Crippen LogP contribution >= 0.6 is 22.7 Å². The average molecular weight is 736 g/mol. The van der Waals surface area contributed by atoms with Gasteiger partial charge in [0.1, 0.15) is 0 Å². The van der Waals surface area contributed by atoms with Crippen LogP contribution in [0.3, 0.4) is 0 Å². The van der Waals surface area contributed by atoms with E-state index in [1.54, 1.807) is 0 Å². The number of rotatable bonds is 6. The van der Waals surface area contributed by atoms with Crippen molar-refractivity contribution in [1.82, 2.24) is 0 Å². The van der Waals surface area contributed by atoms with Crippen molar-refractivity contribution in [2.24, 2.45) is 0 Å². The highest BCUT2D eigenvalue weighted by Crippen LogP contribution is 2.47. The summed E-state index contributed by atoms with van der Waals surface area (Å²) in [5.41, 5.74) is 10.6. The van der Waals surface area contributed by atoms with Crippen molar-refractivity contribution in [2.45, 2.75) is 0 Å². The molecule has 11 aromatic rings. The van der Waals surface area contributed by atoms with Crippen LogP contribution in [0.15, 0.2) is 200 Å². The Morgan fingerprint density at radius 3 is 1.78 bits per heavy atom. The summed E-state index contributed by atoms with van der Waals surface area (Å²) in [6.45, 7) is 0. The second kappa shape index (κ2) is 13.1. The van der Waals surface area contributed by atoms with Crippen molar-refractivity contribution in [1.29, 1.82) is 0 Å². The highest BCUT2D eigenvalue weighted by atomic mass is 32.1. The molecule has 2 heterocycles. The van der Waals surface area contributed by atoms with Crippen LogP contribution in [0.5, 0.6) is 0 Å². The summed E-state index contributed by atoms with van der Waals surface area (Å²) in [4.78, 5) is 2.46. The lowest BCUT2D eigenvalue weighted by atomic mass is 9.96. The SMILES string of the molecule is c1cc(-c2ccc3ccccc3c2)cc(N(c2cccc(-c3cccc4c3sc3ccccc34)c2)c2ccccc2-c2cccc3sc4ccccc4c23)c1. The van der Waals surface area contributed by atoms with Gasteiger partial charge in [-0.2, -0.15) is 0 Å². The lowest BCUT2D eigenvalue weighted by molar-refractivity contribution is 1.28. The zero-order valence-electron chi connectivity index (χ0n) is 29.8. The summed E-state index contributed by atoms with van der Waals surface area (Å²) in [7, 11) is 0. The molecule has 0 N–H and O–H groups in total. The van der Waals surface area contributed by atoms with Gasteiger partial charge in [-0.3, -0.25) is 0 Å².